The van der Waals surface area contributed by atoms with Gasteiger partial charge in [0.15, 0.2) is 0 Å². The molecular formula is C13H20ClN. The van der Waals surface area contributed by atoms with Crippen molar-refractivity contribution in [2.45, 2.75) is 39.7 Å². The van der Waals surface area contributed by atoms with Crippen LogP contribution in [0.25, 0.3) is 0 Å². The van der Waals surface area contributed by atoms with Gasteiger partial charge in [-0.05, 0) is 36.8 Å². The first-order valence-electron chi connectivity index (χ1n) is 5.23. The minimum Gasteiger partial charge on any atom is -0.321 e. The highest BCUT2D eigenvalue weighted by Gasteiger charge is 2.45. The predicted molar refractivity (Wildman–Crippen MR) is 67.5 cm³/mol. The molecule has 1 unspecified atom stereocenters. The molecule has 1 aromatic carbocycles. The van der Waals surface area contributed by atoms with Gasteiger partial charge in [0.25, 0.3) is 0 Å². The van der Waals surface area contributed by atoms with Gasteiger partial charge in [0.2, 0.25) is 0 Å². The molecule has 1 nitrogen and oxygen atoms in total. The van der Waals surface area contributed by atoms with Gasteiger partial charge >= 0.3 is 0 Å². The second-order valence-corrected chi connectivity index (χ2v) is 5.42. The second kappa shape index (κ2) is 3.50. The Bertz CT molecular complexity index is 380. The fraction of sp³-hybridized carbons (Fsp3) is 0.538. The number of fused-ring (bicyclic) bond motifs is 1. The number of nitrogens with two attached hydrogens (primary N) is 1. The fourth-order valence-electron chi connectivity index (χ4n) is 2.40. The average Bonchev–Trinajstić information content (AvgIpc) is 2.18. The SMILES string of the molecule is Cc1ccc2c(c1)CC(C)(C)C2(C)N.Cl. The van der Waals surface area contributed by atoms with Gasteiger partial charge in [-0.25, -0.2) is 0 Å². The van der Waals surface area contributed by atoms with Crippen LogP contribution in [0.1, 0.15) is 37.5 Å². The van der Waals surface area contributed by atoms with E-state index in [9.17, 15) is 0 Å². The number of hydrogen-bond acceptors (Lipinski definition) is 1. The maximum absolute atomic E-state index is 6.42. The first-order valence-corrected chi connectivity index (χ1v) is 5.23. The van der Waals surface area contributed by atoms with Crippen molar-refractivity contribution in [3.05, 3.63) is 34.9 Å². The highest BCUT2D eigenvalue weighted by Crippen LogP contribution is 2.47. The molecule has 0 saturated carbocycles. The van der Waals surface area contributed by atoms with Gasteiger partial charge < -0.3 is 5.73 Å². The molecule has 1 aromatic rings. The smallest absolute Gasteiger partial charge is 0.0438 e. The maximum Gasteiger partial charge on any atom is 0.0438 e. The van der Waals surface area contributed by atoms with Crippen LogP contribution in [-0.4, -0.2) is 0 Å². The molecule has 0 amide bonds. The molecule has 2 heteroatoms. The number of benzene rings is 1. The monoisotopic (exact) mass is 225 g/mol. The third kappa shape index (κ3) is 1.68. The zero-order valence-electron chi connectivity index (χ0n) is 9.92. The van der Waals surface area contributed by atoms with E-state index in [1.54, 1.807) is 0 Å². The molecule has 1 aliphatic rings. The quantitative estimate of drug-likeness (QED) is 0.721. The highest BCUT2D eigenvalue weighted by molar-refractivity contribution is 5.85. The molecule has 1 atom stereocenters. The molecule has 2 N–H and O–H groups in total. The topological polar surface area (TPSA) is 26.0 Å². The molecule has 0 spiro atoms. The Morgan fingerprint density at radius 1 is 1.20 bits per heavy atom. The summed E-state index contributed by atoms with van der Waals surface area (Å²) in [6.07, 6.45) is 1.09. The lowest BCUT2D eigenvalue weighted by molar-refractivity contribution is 0.211. The Hall–Kier alpha value is -0.530. The number of halogens is 1. The molecule has 0 radical (unpaired) electrons. The standard InChI is InChI=1S/C13H19N.ClH/c1-9-5-6-11-10(7-9)8-12(2,3)13(11,4)14;/h5-7H,8,14H2,1-4H3;1H. The van der Waals surface area contributed by atoms with Crippen molar-refractivity contribution in [3.63, 3.8) is 0 Å². The molecule has 0 aromatic heterocycles. The number of rotatable bonds is 0. The first kappa shape index (κ1) is 12.5. The summed E-state index contributed by atoms with van der Waals surface area (Å²) in [7, 11) is 0. The average molecular weight is 226 g/mol. The fourth-order valence-corrected chi connectivity index (χ4v) is 2.40. The van der Waals surface area contributed by atoms with E-state index in [0.717, 1.165) is 6.42 Å². The van der Waals surface area contributed by atoms with E-state index in [1.807, 2.05) is 0 Å². The van der Waals surface area contributed by atoms with E-state index in [-0.39, 0.29) is 23.4 Å². The zero-order valence-corrected chi connectivity index (χ0v) is 10.7. The van der Waals surface area contributed by atoms with E-state index in [2.05, 4.69) is 45.9 Å². The van der Waals surface area contributed by atoms with Crippen LogP contribution in [0.3, 0.4) is 0 Å². The molecule has 0 bridgehead atoms. The van der Waals surface area contributed by atoms with Crippen LogP contribution in [-0.2, 0) is 12.0 Å². The van der Waals surface area contributed by atoms with Crippen LogP contribution in [0, 0.1) is 12.3 Å². The predicted octanol–water partition coefficient (Wildman–Crippen LogP) is 3.17. The van der Waals surface area contributed by atoms with Crippen LogP contribution in [0.5, 0.6) is 0 Å². The van der Waals surface area contributed by atoms with Crippen molar-refractivity contribution in [2.24, 2.45) is 11.1 Å². The van der Waals surface area contributed by atoms with Gasteiger partial charge in [-0.3, -0.25) is 0 Å². The molecule has 2 rings (SSSR count). The van der Waals surface area contributed by atoms with Crippen molar-refractivity contribution in [1.29, 1.82) is 0 Å². The molecule has 0 fully saturated rings. The van der Waals surface area contributed by atoms with Gasteiger partial charge in [-0.15, -0.1) is 12.4 Å². The number of hydrogen-bond donors (Lipinski definition) is 1. The first-order chi connectivity index (χ1) is 6.34. The lowest BCUT2D eigenvalue weighted by Gasteiger charge is -2.35. The molecule has 84 valence electrons. The second-order valence-electron chi connectivity index (χ2n) is 5.42. The molecule has 0 aliphatic heterocycles. The Balaban J connectivity index is 0.00000112. The van der Waals surface area contributed by atoms with Crippen molar-refractivity contribution in [2.75, 3.05) is 0 Å². The summed E-state index contributed by atoms with van der Waals surface area (Å²) in [5.41, 5.74) is 10.5. The van der Waals surface area contributed by atoms with Gasteiger partial charge in [0.05, 0.1) is 0 Å². The van der Waals surface area contributed by atoms with E-state index in [1.165, 1.54) is 16.7 Å². The van der Waals surface area contributed by atoms with Gasteiger partial charge in [-0.2, -0.15) is 0 Å². The van der Waals surface area contributed by atoms with Gasteiger partial charge in [0.1, 0.15) is 0 Å². The Morgan fingerprint density at radius 2 is 1.80 bits per heavy atom. The Kier molecular flexibility index (Phi) is 2.92. The van der Waals surface area contributed by atoms with Crippen LogP contribution in [0.15, 0.2) is 18.2 Å². The van der Waals surface area contributed by atoms with Crippen molar-refractivity contribution in [1.82, 2.24) is 0 Å². The zero-order chi connectivity index (χ0) is 10.6. The van der Waals surface area contributed by atoms with Crippen LogP contribution < -0.4 is 5.73 Å². The Labute approximate surface area is 98.5 Å². The van der Waals surface area contributed by atoms with E-state index >= 15 is 0 Å². The molecule has 1 aliphatic carbocycles. The largest absolute Gasteiger partial charge is 0.321 e. The van der Waals surface area contributed by atoms with Crippen molar-refractivity contribution < 1.29 is 0 Å². The molecular weight excluding hydrogens is 206 g/mol. The summed E-state index contributed by atoms with van der Waals surface area (Å²) in [4.78, 5) is 0. The lowest BCUT2D eigenvalue weighted by atomic mass is 9.75. The van der Waals surface area contributed by atoms with E-state index in [0.29, 0.717) is 0 Å². The lowest BCUT2D eigenvalue weighted by Crippen LogP contribution is -2.43. The van der Waals surface area contributed by atoms with Crippen molar-refractivity contribution >= 4 is 12.4 Å². The van der Waals surface area contributed by atoms with Crippen molar-refractivity contribution in [3.8, 4) is 0 Å². The molecule has 0 saturated heterocycles. The van der Waals surface area contributed by atoms with E-state index < -0.39 is 0 Å². The summed E-state index contributed by atoms with van der Waals surface area (Å²) in [5.74, 6) is 0. The van der Waals surface area contributed by atoms with Crippen LogP contribution in [0.4, 0.5) is 0 Å². The molecule has 15 heavy (non-hydrogen) atoms. The maximum atomic E-state index is 6.42. The third-order valence-electron chi connectivity index (χ3n) is 3.86. The third-order valence-corrected chi connectivity index (χ3v) is 3.86. The number of aryl methyl sites for hydroxylation is 1. The highest BCUT2D eigenvalue weighted by atomic mass is 35.5. The van der Waals surface area contributed by atoms with Crippen LogP contribution >= 0.6 is 12.4 Å². The van der Waals surface area contributed by atoms with Gasteiger partial charge in [0, 0.05) is 5.54 Å². The Morgan fingerprint density at radius 3 is 2.40 bits per heavy atom. The van der Waals surface area contributed by atoms with Crippen LogP contribution in [0.2, 0.25) is 0 Å². The summed E-state index contributed by atoms with van der Waals surface area (Å²) < 4.78 is 0. The normalized spacial score (nSPS) is 27.0. The molecule has 0 heterocycles. The minimum absolute atomic E-state index is 0. The van der Waals surface area contributed by atoms with Gasteiger partial charge in [-0.1, -0.05) is 37.6 Å². The summed E-state index contributed by atoms with van der Waals surface area (Å²) >= 11 is 0. The summed E-state index contributed by atoms with van der Waals surface area (Å²) in [6, 6.07) is 6.62. The summed E-state index contributed by atoms with van der Waals surface area (Å²) in [6.45, 7) is 8.79. The minimum atomic E-state index is -0.184. The summed E-state index contributed by atoms with van der Waals surface area (Å²) in [5, 5.41) is 0. The van der Waals surface area contributed by atoms with E-state index in [4.69, 9.17) is 5.73 Å².